The number of benzene rings is 2. The number of rotatable bonds is 2. The van der Waals surface area contributed by atoms with Crippen LogP contribution in [0.3, 0.4) is 0 Å². The molecular weight excluding hydrogens is 700 g/mol. The molecule has 8 rings (SSSR count). The zero-order chi connectivity index (χ0) is 37.0. The average molecular weight is 747 g/mol. The summed E-state index contributed by atoms with van der Waals surface area (Å²) in [5.74, 6) is 0.340. The number of ether oxygens (including phenoxy) is 4. The van der Waals surface area contributed by atoms with Crippen LogP contribution in [0.4, 0.5) is 4.79 Å². The van der Waals surface area contributed by atoms with Gasteiger partial charge >= 0.3 is 18.0 Å². The molecule has 13 heteroatoms. The second kappa shape index (κ2) is 14.3. The van der Waals surface area contributed by atoms with Gasteiger partial charge in [0, 0.05) is 41.3 Å². The molecule has 0 saturated carbocycles. The molecule has 4 aromatic rings. The number of para-hydroxylation sites is 2. The summed E-state index contributed by atoms with van der Waals surface area (Å²) in [6, 6.07) is 14.9. The third-order valence-corrected chi connectivity index (χ3v) is 10.6. The predicted octanol–water partition coefficient (Wildman–Crippen LogP) is 6.26. The number of carbonyl (C=O) groups excluding carboxylic acids is 2. The predicted molar refractivity (Wildman–Crippen MR) is 201 cm³/mol. The molecule has 4 aliphatic rings. The lowest BCUT2D eigenvalue weighted by Gasteiger charge is -2.36. The van der Waals surface area contributed by atoms with Gasteiger partial charge in [0.2, 0.25) is 0 Å². The summed E-state index contributed by atoms with van der Waals surface area (Å²) in [5, 5.41) is 15.2. The third-order valence-electron chi connectivity index (χ3n) is 10.6. The number of methoxy groups -OCH3 is 1. The second-order valence-electron chi connectivity index (χ2n) is 15.4. The summed E-state index contributed by atoms with van der Waals surface area (Å²) >= 11 is 0. The number of hydrogen-bond acceptors (Lipinski definition) is 10. The van der Waals surface area contributed by atoms with E-state index in [2.05, 4.69) is 21.4 Å². The van der Waals surface area contributed by atoms with Gasteiger partial charge in [0.1, 0.15) is 40.4 Å². The summed E-state index contributed by atoms with van der Waals surface area (Å²) in [6.07, 6.45) is 3.47. The molecule has 12 nitrogen and oxygen atoms in total. The van der Waals surface area contributed by atoms with Gasteiger partial charge in [-0.2, -0.15) is 0 Å². The van der Waals surface area contributed by atoms with Crippen LogP contribution in [0.2, 0.25) is 0 Å². The van der Waals surface area contributed by atoms with Crippen molar-refractivity contribution >= 4 is 52.2 Å². The number of amides is 1. The first-order valence-corrected chi connectivity index (χ1v) is 17.9. The molecule has 2 saturated heterocycles. The van der Waals surface area contributed by atoms with E-state index >= 15 is 0 Å². The van der Waals surface area contributed by atoms with Gasteiger partial charge in [-0.1, -0.05) is 36.4 Å². The topological polar surface area (TPSA) is 149 Å². The lowest BCUT2D eigenvalue weighted by molar-refractivity contribution is -0.143. The Morgan fingerprint density at radius 1 is 0.868 bits per heavy atom. The fraction of sp³-hybridized carbons (Fsp3) is 0.475. The summed E-state index contributed by atoms with van der Waals surface area (Å²) in [7, 11) is 1.42. The average Bonchev–Trinajstić information content (AvgIpc) is 3.70. The number of carboxylic acids is 1. The minimum absolute atomic E-state index is 0. The van der Waals surface area contributed by atoms with Crippen LogP contribution in [-0.2, 0) is 31.9 Å². The van der Waals surface area contributed by atoms with E-state index in [1.165, 1.54) is 23.0 Å². The zero-order valence-electron chi connectivity index (χ0n) is 31.0. The number of fused-ring (bicyclic) bond motifs is 6. The molecule has 2 unspecified atom stereocenters. The number of nitrogens with one attached hydrogen (secondary N) is 1. The van der Waals surface area contributed by atoms with Crippen molar-refractivity contribution in [2.75, 3.05) is 20.2 Å². The van der Waals surface area contributed by atoms with Gasteiger partial charge in [-0.05, 0) is 72.4 Å². The molecule has 4 atom stereocenters. The summed E-state index contributed by atoms with van der Waals surface area (Å²) in [4.78, 5) is 46.9. The smallest absolute Gasteiger partial charge is 0.411 e. The highest BCUT2D eigenvalue weighted by atomic mass is 35.5. The minimum atomic E-state index is -1.05. The van der Waals surface area contributed by atoms with Gasteiger partial charge in [0.05, 0.1) is 36.1 Å². The summed E-state index contributed by atoms with van der Waals surface area (Å²) in [5.41, 5.74) is 4.19. The Morgan fingerprint density at radius 3 is 1.92 bits per heavy atom. The number of aromatic nitrogens is 2. The number of nitrogens with zero attached hydrogens (tertiary/aromatic N) is 3. The molecule has 0 radical (unpaired) electrons. The van der Waals surface area contributed by atoms with E-state index in [0.29, 0.717) is 25.1 Å². The Labute approximate surface area is 314 Å². The quantitative estimate of drug-likeness (QED) is 0.224. The maximum absolute atomic E-state index is 12.7. The van der Waals surface area contributed by atoms with Gasteiger partial charge in [-0.15, -0.1) is 12.4 Å². The van der Waals surface area contributed by atoms with Crippen molar-refractivity contribution in [1.29, 1.82) is 0 Å². The molecule has 53 heavy (non-hydrogen) atoms. The van der Waals surface area contributed by atoms with Crippen LogP contribution in [-0.4, -0.2) is 87.1 Å². The lowest BCUT2D eigenvalue weighted by Crippen LogP contribution is -2.46. The van der Waals surface area contributed by atoms with Crippen LogP contribution in [0.25, 0.3) is 21.8 Å². The van der Waals surface area contributed by atoms with E-state index in [9.17, 15) is 19.5 Å². The number of esters is 1. The van der Waals surface area contributed by atoms with E-state index in [-0.39, 0.29) is 43.0 Å². The molecule has 2 spiro atoms. The Bertz CT molecular complexity index is 2090. The van der Waals surface area contributed by atoms with Crippen molar-refractivity contribution in [2.24, 2.45) is 0 Å². The molecule has 4 aliphatic heterocycles. The van der Waals surface area contributed by atoms with Crippen LogP contribution in [0.1, 0.15) is 69.0 Å². The maximum atomic E-state index is 12.7. The number of likely N-dealkylation sites (tertiary alicyclic amines) is 1. The van der Waals surface area contributed by atoms with Gasteiger partial charge < -0.3 is 29.4 Å². The molecule has 6 heterocycles. The minimum Gasteiger partial charge on any atom is -0.484 e. The number of carbonyl (C=O) groups is 3. The van der Waals surface area contributed by atoms with Gasteiger partial charge in [0.15, 0.2) is 0 Å². The number of hydrogen-bond donors (Lipinski definition) is 2. The monoisotopic (exact) mass is 746 g/mol. The summed E-state index contributed by atoms with van der Waals surface area (Å²) < 4.78 is 23.1. The fourth-order valence-electron chi connectivity index (χ4n) is 8.14. The van der Waals surface area contributed by atoms with E-state index in [4.69, 9.17) is 18.9 Å². The highest BCUT2D eigenvalue weighted by Crippen LogP contribution is 2.45. The molecule has 1 amide bonds. The second-order valence-corrected chi connectivity index (χ2v) is 15.4. The highest BCUT2D eigenvalue weighted by molar-refractivity contribution is 5.87. The normalized spacial score (nSPS) is 24.3. The molecule has 0 aliphatic carbocycles. The zero-order valence-corrected chi connectivity index (χ0v) is 31.8. The van der Waals surface area contributed by atoms with Crippen molar-refractivity contribution in [2.45, 2.75) is 102 Å². The van der Waals surface area contributed by atoms with Crippen molar-refractivity contribution in [1.82, 2.24) is 20.2 Å². The molecule has 2 fully saturated rings. The first kappa shape index (κ1) is 38.1. The number of pyridine rings is 2. The Kier molecular flexibility index (Phi) is 10.3. The number of halogens is 1. The van der Waals surface area contributed by atoms with Crippen LogP contribution in [0.15, 0.2) is 48.5 Å². The Balaban J connectivity index is 0.000000182. The lowest BCUT2D eigenvalue weighted by atomic mass is 9.87. The van der Waals surface area contributed by atoms with Crippen LogP contribution in [0, 0.1) is 13.8 Å². The SMILES string of the molecule is COC(=O)[C@@H]1CC2(CCc3c(c(C)nc4ccccc34)O2)CN1.Cc1nc2ccccc2c2c1OC1(CC2)C[C@@H](C(=O)O)N(C(=O)OC(C)(C)C)C1.Cl. The van der Waals surface area contributed by atoms with Gasteiger partial charge in [0.25, 0.3) is 0 Å². The first-order valence-electron chi connectivity index (χ1n) is 17.9. The van der Waals surface area contributed by atoms with Crippen molar-refractivity contribution in [3.05, 3.63) is 71.0 Å². The van der Waals surface area contributed by atoms with Crippen LogP contribution < -0.4 is 14.8 Å². The fourth-order valence-corrected chi connectivity index (χ4v) is 8.14. The van der Waals surface area contributed by atoms with Gasteiger partial charge in [-0.3, -0.25) is 9.69 Å². The molecule has 2 N–H and O–H groups in total. The first-order chi connectivity index (χ1) is 24.7. The van der Waals surface area contributed by atoms with Crippen LogP contribution in [0.5, 0.6) is 11.5 Å². The maximum Gasteiger partial charge on any atom is 0.411 e. The van der Waals surface area contributed by atoms with E-state index in [1.54, 1.807) is 20.8 Å². The van der Waals surface area contributed by atoms with Crippen molar-refractivity contribution < 1.29 is 38.4 Å². The van der Waals surface area contributed by atoms with Gasteiger partial charge in [-0.25, -0.2) is 19.6 Å². The van der Waals surface area contributed by atoms with Crippen LogP contribution >= 0.6 is 12.4 Å². The Morgan fingerprint density at radius 2 is 1.40 bits per heavy atom. The van der Waals surface area contributed by atoms with Crippen molar-refractivity contribution in [3.63, 3.8) is 0 Å². The number of aryl methyl sites for hydroxylation is 4. The molecule has 2 aromatic carbocycles. The Hall–Kier alpha value is -4.68. The van der Waals surface area contributed by atoms with Crippen molar-refractivity contribution in [3.8, 4) is 11.5 Å². The standard InChI is InChI=1S/C22H26N2O5.C18H20N2O3.ClH/c1-13-18-15(14-7-5-6-8-16(14)23-13)9-10-22(28-18)11-17(19(25)26)24(12-22)20(27)29-21(2,3)4;1-11-16-13(12-5-3-4-6-14(12)20-11)7-8-18(23-16)9-15(19-10-18)17(21)22-2;/h5-8,17H,9-12H2,1-4H3,(H,25,26);3-6,15,19H,7-10H2,1-2H3;1H/t17-,22?;15-,18?;/m00./s1. The molecule has 0 bridgehead atoms. The van der Waals surface area contributed by atoms with E-state index in [0.717, 1.165) is 58.4 Å². The third kappa shape index (κ3) is 7.31. The van der Waals surface area contributed by atoms with E-state index in [1.807, 2.05) is 56.3 Å². The number of aliphatic carboxylic acids is 1. The molecule has 2 aromatic heterocycles. The number of carboxylic acid groups (broad SMARTS) is 1. The molecule has 282 valence electrons. The summed E-state index contributed by atoms with van der Waals surface area (Å²) in [6.45, 7) is 10.0. The molecular formula is C40H47ClN4O8. The van der Waals surface area contributed by atoms with E-state index < -0.39 is 29.3 Å². The highest BCUT2D eigenvalue weighted by Gasteiger charge is 2.53. The largest absolute Gasteiger partial charge is 0.484 e.